The number of benzene rings is 3. The largest absolute Gasteiger partial charge is 0.466 e. The van der Waals surface area contributed by atoms with Crippen LogP contribution in [-0.4, -0.2) is 67.9 Å². The molecule has 0 aliphatic carbocycles. The lowest BCUT2D eigenvalue weighted by Crippen LogP contribution is -2.23. The van der Waals surface area contributed by atoms with E-state index in [9.17, 15) is 24.2 Å². The highest BCUT2D eigenvalue weighted by molar-refractivity contribution is 6.12. The standard InChI is InChI=1S/C39H48FN3O8/c1-27(2)37-36(39(47)41-31-15-9-6-10-16-31)35(28-13-7-5-8-14-28)38(29-17-19-30(40)20-18-29)42(37)22-21-32(44)25-33(45)26-34(46)50-23-11-3-4-12-24-51-43(48)49/h5-10,13-20,27,32-33,44-45,48-49H,3-4,11-12,21-26H2,1-2H3,(H,41,47)/t32-,33-/m1/s1. The summed E-state index contributed by atoms with van der Waals surface area (Å²) in [6.45, 7) is 4.60. The molecule has 1 aromatic heterocycles. The Labute approximate surface area is 297 Å². The van der Waals surface area contributed by atoms with Gasteiger partial charge in [0.05, 0.1) is 48.5 Å². The summed E-state index contributed by atoms with van der Waals surface area (Å²) in [6.07, 6.45) is 0.478. The first-order valence-electron chi connectivity index (χ1n) is 17.3. The van der Waals surface area contributed by atoms with Crippen LogP contribution >= 0.6 is 0 Å². The molecule has 0 aliphatic rings. The number of unbranched alkanes of at least 4 members (excludes halogenated alkanes) is 3. The van der Waals surface area contributed by atoms with Crippen LogP contribution in [0.5, 0.6) is 0 Å². The number of anilines is 1. The molecule has 4 rings (SSSR count). The van der Waals surface area contributed by atoms with Crippen LogP contribution in [0.3, 0.4) is 0 Å². The maximum atomic E-state index is 14.2. The summed E-state index contributed by atoms with van der Waals surface area (Å²) in [5, 5.41) is 41.4. The average molecular weight is 706 g/mol. The second kappa shape index (κ2) is 19.8. The second-order valence-electron chi connectivity index (χ2n) is 12.7. The quantitative estimate of drug-likeness (QED) is 0.0361. The van der Waals surface area contributed by atoms with E-state index in [4.69, 9.17) is 15.2 Å². The first kappa shape index (κ1) is 39.4. The number of carbonyl (C=O) groups is 2. The minimum atomic E-state index is -1.12. The average Bonchev–Trinajstić information content (AvgIpc) is 3.45. The van der Waals surface area contributed by atoms with Crippen molar-refractivity contribution in [2.45, 2.75) is 83.5 Å². The number of hydrogen-bond acceptors (Lipinski definition) is 9. The molecule has 0 aliphatic heterocycles. The Morgan fingerprint density at radius 1 is 0.824 bits per heavy atom. The lowest BCUT2D eigenvalue weighted by atomic mass is 9.94. The molecule has 0 saturated heterocycles. The number of aromatic nitrogens is 1. The second-order valence-corrected chi connectivity index (χ2v) is 12.7. The van der Waals surface area contributed by atoms with Gasteiger partial charge in [-0.05, 0) is 85.5 Å². The van der Waals surface area contributed by atoms with Crippen LogP contribution in [0.25, 0.3) is 22.4 Å². The van der Waals surface area contributed by atoms with E-state index in [1.165, 1.54) is 12.1 Å². The van der Waals surface area contributed by atoms with Crippen LogP contribution in [0.15, 0.2) is 84.9 Å². The lowest BCUT2D eigenvalue weighted by Gasteiger charge is -2.20. The fourth-order valence-corrected chi connectivity index (χ4v) is 6.14. The third kappa shape index (κ3) is 11.8. The van der Waals surface area contributed by atoms with Crippen molar-refractivity contribution < 1.29 is 44.2 Å². The number of nitrogens with zero attached hydrogens (tertiary/aromatic N) is 2. The molecule has 274 valence electrons. The van der Waals surface area contributed by atoms with Crippen LogP contribution in [0.4, 0.5) is 10.1 Å². The highest BCUT2D eigenvalue weighted by Crippen LogP contribution is 2.42. The van der Waals surface area contributed by atoms with Crippen LogP contribution < -0.4 is 5.32 Å². The van der Waals surface area contributed by atoms with E-state index in [1.807, 2.05) is 79.1 Å². The number of esters is 1. The fourth-order valence-electron chi connectivity index (χ4n) is 6.14. The molecule has 1 amide bonds. The molecule has 3 aromatic carbocycles. The van der Waals surface area contributed by atoms with Crippen LogP contribution in [-0.2, 0) is 20.9 Å². The molecular weight excluding hydrogens is 657 g/mol. The fraction of sp³-hybridized carbons (Fsp3) is 0.385. The molecular formula is C39H48FN3O8. The molecule has 0 radical (unpaired) electrons. The smallest absolute Gasteiger partial charge is 0.308 e. The summed E-state index contributed by atoms with van der Waals surface area (Å²) in [5.74, 6) is -1.39. The van der Waals surface area contributed by atoms with Crippen LogP contribution in [0, 0.1) is 5.82 Å². The zero-order valence-corrected chi connectivity index (χ0v) is 29.1. The van der Waals surface area contributed by atoms with E-state index in [0.717, 1.165) is 24.1 Å². The van der Waals surface area contributed by atoms with Crippen molar-refractivity contribution in [2.24, 2.45) is 0 Å². The number of aliphatic hydroxyl groups excluding tert-OH is 2. The van der Waals surface area contributed by atoms with Gasteiger partial charge in [0.25, 0.3) is 5.91 Å². The van der Waals surface area contributed by atoms with Gasteiger partial charge >= 0.3 is 5.97 Å². The highest BCUT2D eigenvalue weighted by atomic mass is 19.1. The van der Waals surface area contributed by atoms with Crippen molar-refractivity contribution in [3.05, 3.63) is 102 Å². The summed E-state index contributed by atoms with van der Waals surface area (Å²) in [6, 6.07) is 24.8. The van der Waals surface area contributed by atoms with Gasteiger partial charge in [-0.25, -0.2) is 4.39 Å². The molecule has 0 bridgehead atoms. The van der Waals surface area contributed by atoms with Crippen LogP contribution in [0.1, 0.15) is 80.8 Å². The van der Waals surface area contributed by atoms with Crippen molar-refractivity contribution in [3.8, 4) is 22.4 Å². The Balaban J connectivity index is 1.53. The summed E-state index contributed by atoms with van der Waals surface area (Å²) in [4.78, 5) is 31.0. The number of para-hydroxylation sites is 1. The molecule has 11 nitrogen and oxygen atoms in total. The van der Waals surface area contributed by atoms with Crippen molar-refractivity contribution in [2.75, 3.05) is 18.5 Å². The Hall–Kier alpha value is -4.43. The van der Waals surface area contributed by atoms with Crippen molar-refractivity contribution in [3.63, 3.8) is 0 Å². The normalized spacial score (nSPS) is 12.6. The van der Waals surface area contributed by atoms with Gasteiger partial charge in [0, 0.05) is 23.5 Å². The Morgan fingerprint density at radius 3 is 2.08 bits per heavy atom. The number of ether oxygens (including phenoxy) is 1. The summed E-state index contributed by atoms with van der Waals surface area (Å²) in [7, 11) is 0. The van der Waals surface area contributed by atoms with E-state index >= 15 is 0 Å². The molecule has 0 spiro atoms. The van der Waals surface area contributed by atoms with Crippen molar-refractivity contribution in [1.82, 2.24) is 9.96 Å². The number of rotatable bonds is 20. The van der Waals surface area contributed by atoms with Gasteiger partial charge in [-0.3, -0.25) is 24.8 Å². The molecule has 12 heteroatoms. The molecule has 0 unspecified atom stereocenters. The molecule has 0 fully saturated rings. The highest BCUT2D eigenvalue weighted by Gasteiger charge is 2.31. The number of amides is 1. The molecule has 51 heavy (non-hydrogen) atoms. The molecule has 5 N–H and O–H groups in total. The number of carbonyl (C=O) groups excluding carboxylic acids is 2. The minimum absolute atomic E-state index is 0.0567. The molecule has 4 aromatic rings. The maximum Gasteiger partial charge on any atom is 0.308 e. The van der Waals surface area contributed by atoms with E-state index < -0.39 is 24.0 Å². The predicted octanol–water partition coefficient (Wildman–Crippen LogP) is 7.34. The topological polar surface area (TPSA) is 154 Å². The predicted molar refractivity (Wildman–Crippen MR) is 190 cm³/mol. The monoisotopic (exact) mass is 705 g/mol. The summed E-state index contributed by atoms with van der Waals surface area (Å²) < 4.78 is 21.4. The molecule has 2 atom stereocenters. The lowest BCUT2D eigenvalue weighted by molar-refractivity contribution is -0.492. The zero-order chi connectivity index (χ0) is 36.8. The van der Waals surface area contributed by atoms with E-state index in [0.29, 0.717) is 40.9 Å². The Morgan fingerprint density at radius 2 is 1.45 bits per heavy atom. The van der Waals surface area contributed by atoms with E-state index in [1.54, 1.807) is 12.1 Å². The zero-order valence-electron chi connectivity index (χ0n) is 29.1. The first-order valence-corrected chi connectivity index (χ1v) is 17.3. The van der Waals surface area contributed by atoms with Crippen molar-refractivity contribution >= 4 is 17.6 Å². The minimum Gasteiger partial charge on any atom is -0.466 e. The van der Waals surface area contributed by atoms with Gasteiger partial charge in [0.2, 0.25) is 0 Å². The number of halogens is 1. The molecule has 1 heterocycles. The molecule has 0 saturated carbocycles. The first-order chi connectivity index (χ1) is 24.5. The Kier molecular flexibility index (Phi) is 15.3. The van der Waals surface area contributed by atoms with Gasteiger partial charge in [-0.1, -0.05) is 68.8 Å². The number of nitrogens with one attached hydrogen (secondary N) is 1. The van der Waals surface area contributed by atoms with E-state index in [-0.39, 0.29) is 56.2 Å². The third-order valence-electron chi connectivity index (χ3n) is 8.43. The van der Waals surface area contributed by atoms with Gasteiger partial charge in [0.15, 0.2) is 0 Å². The number of aliphatic hydroxyl groups is 2. The number of hydrogen-bond donors (Lipinski definition) is 5. The van der Waals surface area contributed by atoms with Gasteiger partial charge in [-0.15, -0.1) is 0 Å². The van der Waals surface area contributed by atoms with Gasteiger partial charge < -0.3 is 24.8 Å². The maximum absolute atomic E-state index is 14.2. The third-order valence-corrected chi connectivity index (χ3v) is 8.43. The van der Waals surface area contributed by atoms with Crippen LogP contribution in [0.2, 0.25) is 0 Å². The van der Waals surface area contributed by atoms with Crippen molar-refractivity contribution in [1.29, 1.82) is 0 Å². The van der Waals surface area contributed by atoms with Gasteiger partial charge in [-0.2, -0.15) is 0 Å². The summed E-state index contributed by atoms with van der Waals surface area (Å²) >= 11 is 0. The van der Waals surface area contributed by atoms with E-state index in [2.05, 4.69) is 10.2 Å². The summed E-state index contributed by atoms with van der Waals surface area (Å²) in [5.41, 5.74) is 4.76. The van der Waals surface area contributed by atoms with Gasteiger partial charge in [0.1, 0.15) is 5.82 Å². The Bertz CT molecular complexity index is 1660. The SMILES string of the molecule is CC(C)c1c(C(=O)Nc2ccccc2)c(-c2ccccc2)c(-c2ccc(F)cc2)n1CC[C@@H](O)C[C@@H](O)CC(=O)OCCCCCCON(O)O.